The van der Waals surface area contributed by atoms with E-state index in [4.69, 9.17) is 0 Å². The molecule has 0 aromatic heterocycles. The maximum atomic E-state index is 4.05. The number of hydrogen-bond donors (Lipinski definition) is 0. The van der Waals surface area contributed by atoms with Crippen LogP contribution >= 0.6 is 0 Å². The molecule has 11 heavy (non-hydrogen) atoms. The molecule has 0 radical (unpaired) electrons. The molecule has 0 amide bonds. The van der Waals surface area contributed by atoms with Gasteiger partial charge in [0.2, 0.25) is 0 Å². The highest BCUT2D eigenvalue weighted by molar-refractivity contribution is 5.13. The third-order valence-electron chi connectivity index (χ3n) is 3.17. The van der Waals surface area contributed by atoms with Gasteiger partial charge in [0.05, 0.1) is 0 Å². The summed E-state index contributed by atoms with van der Waals surface area (Å²) < 4.78 is 0. The van der Waals surface area contributed by atoms with Crippen molar-refractivity contribution in [2.45, 2.75) is 38.6 Å². The van der Waals surface area contributed by atoms with Gasteiger partial charge >= 0.3 is 0 Å². The van der Waals surface area contributed by atoms with E-state index in [0.717, 1.165) is 6.54 Å². The molecule has 0 spiro atoms. The fraction of sp³-hybridized carbons (Fsp3) is 0.800. The molecule has 1 saturated heterocycles. The van der Waals surface area contributed by atoms with Crippen LogP contribution in [0.4, 0.5) is 0 Å². The SMILES string of the molecule is C=C1CN(C)C(CC)(CC)C1. The summed E-state index contributed by atoms with van der Waals surface area (Å²) in [5, 5.41) is 0. The van der Waals surface area contributed by atoms with E-state index < -0.39 is 0 Å². The van der Waals surface area contributed by atoms with Gasteiger partial charge in [0.1, 0.15) is 0 Å². The molecule has 1 aliphatic heterocycles. The normalized spacial score (nSPS) is 24.5. The predicted molar refractivity (Wildman–Crippen MR) is 49.7 cm³/mol. The molecule has 0 saturated carbocycles. The van der Waals surface area contributed by atoms with E-state index in [2.05, 4.69) is 32.4 Å². The lowest BCUT2D eigenvalue weighted by molar-refractivity contribution is 0.161. The summed E-state index contributed by atoms with van der Waals surface area (Å²) >= 11 is 0. The third-order valence-corrected chi connectivity index (χ3v) is 3.17. The van der Waals surface area contributed by atoms with Crippen molar-refractivity contribution in [3.05, 3.63) is 12.2 Å². The summed E-state index contributed by atoms with van der Waals surface area (Å²) in [5.74, 6) is 0. The van der Waals surface area contributed by atoms with Gasteiger partial charge in [-0.1, -0.05) is 26.0 Å². The van der Waals surface area contributed by atoms with E-state index >= 15 is 0 Å². The van der Waals surface area contributed by atoms with Crippen LogP contribution in [0.1, 0.15) is 33.1 Å². The summed E-state index contributed by atoms with van der Waals surface area (Å²) in [6.45, 7) is 9.71. The number of likely N-dealkylation sites (tertiary alicyclic amines) is 1. The predicted octanol–water partition coefficient (Wildman–Crippen LogP) is 2.44. The second-order valence-corrected chi connectivity index (χ2v) is 3.71. The van der Waals surface area contributed by atoms with Gasteiger partial charge in [0.15, 0.2) is 0 Å². The van der Waals surface area contributed by atoms with Crippen LogP contribution in [0.25, 0.3) is 0 Å². The molecule has 0 aromatic carbocycles. The topological polar surface area (TPSA) is 3.24 Å². The molecule has 1 heteroatoms. The molecular formula is C10H19N. The van der Waals surface area contributed by atoms with E-state index in [9.17, 15) is 0 Å². The van der Waals surface area contributed by atoms with Gasteiger partial charge in [0, 0.05) is 12.1 Å². The van der Waals surface area contributed by atoms with Crippen molar-refractivity contribution in [2.24, 2.45) is 0 Å². The van der Waals surface area contributed by atoms with Gasteiger partial charge in [-0.25, -0.2) is 0 Å². The first kappa shape index (κ1) is 8.79. The first-order chi connectivity index (χ1) is 5.14. The van der Waals surface area contributed by atoms with Crippen LogP contribution in [0.3, 0.4) is 0 Å². The van der Waals surface area contributed by atoms with Crippen LogP contribution in [-0.4, -0.2) is 24.0 Å². The van der Waals surface area contributed by atoms with Gasteiger partial charge in [-0.15, -0.1) is 0 Å². The Bertz CT molecular complexity index is 156. The minimum absolute atomic E-state index is 0.442. The van der Waals surface area contributed by atoms with Crippen molar-refractivity contribution in [3.63, 3.8) is 0 Å². The van der Waals surface area contributed by atoms with Gasteiger partial charge in [0.25, 0.3) is 0 Å². The van der Waals surface area contributed by atoms with E-state index in [-0.39, 0.29) is 0 Å². The second-order valence-electron chi connectivity index (χ2n) is 3.71. The molecule has 0 atom stereocenters. The van der Waals surface area contributed by atoms with E-state index in [1.165, 1.54) is 24.8 Å². The Morgan fingerprint density at radius 2 is 2.00 bits per heavy atom. The Kier molecular flexibility index (Phi) is 2.38. The minimum Gasteiger partial charge on any atom is -0.296 e. The summed E-state index contributed by atoms with van der Waals surface area (Å²) in [6.07, 6.45) is 3.70. The maximum Gasteiger partial charge on any atom is 0.0242 e. The number of likely N-dealkylation sites (N-methyl/N-ethyl adjacent to an activating group) is 1. The Morgan fingerprint density at radius 1 is 1.45 bits per heavy atom. The van der Waals surface area contributed by atoms with Crippen LogP contribution in [0, 0.1) is 0 Å². The summed E-state index contributed by atoms with van der Waals surface area (Å²) in [7, 11) is 2.21. The number of nitrogens with zero attached hydrogens (tertiary/aromatic N) is 1. The van der Waals surface area contributed by atoms with Crippen molar-refractivity contribution < 1.29 is 0 Å². The molecule has 0 unspecified atom stereocenters. The van der Waals surface area contributed by atoms with Gasteiger partial charge < -0.3 is 0 Å². The molecule has 1 nitrogen and oxygen atoms in total. The molecule has 1 heterocycles. The molecule has 0 bridgehead atoms. The van der Waals surface area contributed by atoms with Crippen LogP contribution in [0.2, 0.25) is 0 Å². The zero-order valence-corrected chi connectivity index (χ0v) is 7.98. The monoisotopic (exact) mass is 153 g/mol. The van der Waals surface area contributed by atoms with Crippen LogP contribution in [-0.2, 0) is 0 Å². The lowest BCUT2D eigenvalue weighted by Gasteiger charge is -2.33. The van der Waals surface area contributed by atoms with Gasteiger partial charge in [-0.3, -0.25) is 4.90 Å². The molecule has 64 valence electrons. The minimum atomic E-state index is 0.442. The first-order valence-corrected chi connectivity index (χ1v) is 4.52. The Hall–Kier alpha value is -0.300. The lowest BCUT2D eigenvalue weighted by Crippen LogP contribution is -2.39. The maximum absolute atomic E-state index is 4.05. The molecule has 1 aliphatic rings. The summed E-state index contributed by atoms with van der Waals surface area (Å²) in [6, 6.07) is 0. The first-order valence-electron chi connectivity index (χ1n) is 4.52. The van der Waals surface area contributed by atoms with Gasteiger partial charge in [-0.05, 0) is 26.3 Å². The van der Waals surface area contributed by atoms with Crippen molar-refractivity contribution in [1.82, 2.24) is 4.90 Å². The Balaban J connectivity index is 2.75. The Labute approximate surface area is 70.1 Å². The standard InChI is InChI=1S/C10H19N/c1-5-10(6-2)7-9(3)8-11(10)4/h3,5-8H2,1-2,4H3. The van der Waals surface area contributed by atoms with Gasteiger partial charge in [-0.2, -0.15) is 0 Å². The second kappa shape index (κ2) is 2.98. The molecule has 0 N–H and O–H groups in total. The Morgan fingerprint density at radius 3 is 2.18 bits per heavy atom. The zero-order chi connectivity index (χ0) is 8.48. The molecular weight excluding hydrogens is 134 g/mol. The zero-order valence-electron chi connectivity index (χ0n) is 7.98. The smallest absolute Gasteiger partial charge is 0.0242 e. The molecule has 1 rings (SSSR count). The van der Waals surface area contributed by atoms with Crippen molar-refractivity contribution >= 4 is 0 Å². The van der Waals surface area contributed by atoms with E-state index in [1.807, 2.05) is 0 Å². The van der Waals surface area contributed by atoms with E-state index in [1.54, 1.807) is 0 Å². The van der Waals surface area contributed by atoms with Crippen LogP contribution in [0.15, 0.2) is 12.2 Å². The molecule has 1 fully saturated rings. The number of rotatable bonds is 2. The average molecular weight is 153 g/mol. The average Bonchev–Trinajstić information content (AvgIpc) is 2.27. The van der Waals surface area contributed by atoms with Crippen LogP contribution < -0.4 is 0 Å². The highest BCUT2D eigenvalue weighted by Gasteiger charge is 2.36. The van der Waals surface area contributed by atoms with Crippen molar-refractivity contribution in [2.75, 3.05) is 13.6 Å². The van der Waals surface area contributed by atoms with Crippen LogP contribution in [0.5, 0.6) is 0 Å². The summed E-state index contributed by atoms with van der Waals surface area (Å²) in [5.41, 5.74) is 1.84. The fourth-order valence-corrected chi connectivity index (χ4v) is 2.20. The largest absolute Gasteiger partial charge is 0.296 e. The quantitative estimate of drug-likeness (QED) is 0.551. The fourth-order valence-electron chi connectivity index (χ4n) is 2.20. The third kappa shape index (κ3) is 1.34. The lowest BCUT2D eigenvalue weighted by atomic mass is 9.89. The summed E-state index contributed by atoms with van der Waals surface area (Å²) in [4.78, 5) is 2.45. The highest BCUT2D eigenvalue weighted by Crippen LogP contribution is 2.35. The molecule has 0 aromatic rings. The van der Waals surface area contributed by atoms with Crippen molar-refractivity contribution in [1.29, 1.82) is 0 Å². The van der Waals surface area contributed by atoms with Crippen molar-refractivity contribution in [3.8, 4) is 0 Å². The molecule has 0 aliphatic carbocycles. The number of hydrogen-bond acceptors (Lipinski definition) is 1. The van der Waals surface area contributed by atoms with E-state index in [0.29, 0.717) is 5.54 Å². The highest BCUT2D eigenvalue weighted by atomic mass is 15.2.